The Morgan fingerprint density at radius 3 is 2.47 bits per heavy atom. The van der Waals surface area contributed by atoms with Gasteiger partial charge in [-0.05, 0) is 24.1 Å². The molecular weight excluding hydrogens is 438 g/mol. The van der Waals surface area contributed by atoms with Crippen molar-refractivity contribution in [2.75, 3.05) is 5.32 Å². The van der Waals surface area contributed by atoms with Crippen LogP contribution in [0.25, 0.3) is 0 Å². The van der Waals surface area contributed by atoms with Gasteiger partial charge in [-0.1, -0.05) is 36.4 Å². The molecule has 1 saturated heterocycles. The SMILES string of the molecule is O=C1CCC(Nc2cccc(CNC(=O)c3cc4c(o3)C(=O)c3ccccc3C4=O)c2)C(=O)N1. The van der Waals surface area contributed by atoms with E-state index in [1.807, 2.05) is 0 Å². The van der Waals surface area contributed by atoms with Crippen LogP contribution in [-0.2, 0) is 16.1 Å². The average molecular weight is 457 g/mol. The van der Waals surface area contributed by atoms with E-state index in [1.165, 1.54) is 6.07 Å². The molecule has 1 aliphatic heterocycles. The Balaban J connectivity index is 1.26. The molecule has 9 heteroatoms. The zero-order valence-corrected chi connectivity index (χ0v) is 17.8. The predicted octanol–water partition coefficient (Wildman–Crippen LogP) is 2.20. The number of rotatable bonds is 5. The summed E-state index contributed by atoms with van der Waals surface area (Å²) in [6.07, 6.45) is 0.665. The van der Waals surface area contributed by atoms with Gasteiger partial charge in [0.15, 0.2) is 17.3 Å². The molecule has 1 fully saturated rings. The molecule has 0 radical (unpaired) electrons. The Kier molecular flexibility index (Phi) is 5.29. The molecular formula is C25H19N3O6. The molecule has 2 aromatic carbocycles. The van der Waals surface area contributed by atoms with Crippen molar-refractivity contribution in [2.24, 2.45) is 0 Å². The van der Waals surface area contributed by atoms with Crippen LogP contribution in [0.5, 0.6) is 0 Å². The number of hydrogen-bond donors (Lipinski definition) is 3. The highest BCUT2D eigenvalue weighted by atomic mass is 16.4. The van der Waals surface area contributed by atoms with Gasteiger partial charge in [-0.15, -0.1) is 0 Å². The summed E-state index contributed by atoms with van der Waals surface area (Å²) >= 11 is 0. The van der Waals surface area contributed by atoms with E-state index in [9.17, 15) is 24.0 Å². The molecule has 1 atom stereocenters. The van der Waals surface area contributed by atoms with Gasteiger partial charge in [0.05, 0.1) is 5.56 Å². The van der Waals surface area contributed by atoms with Crippen molar-refractivity contribution in [3.63, 3.8) is 0 Å². The normalized spacial score (nSPS) is 17.0. The fraction of sp³-hybridized carbons (Fsp3) is 0.160. The lowest BCUT2D eigenvalue weighted by molar-refractivity contribution is -0.133. The Bertz CT molecular complexity index is 1320. The number of carbonyl (C=O) groups is 5. The first-order valence-electron chi connectivity index (χ1n) is 10.7. The number of furan rings is 1. The fourth-order valence-corrected chi connectivity index (χ4v) is 4.06. The largest absolute Gasteiger partial charge is 0.447 e. The second-order valence-corrected chi connectivity index (χ2v) is 8.09. The standard InChI is InChI=1S/C25H19N3O6/c29-20-9-8-18(24(32)28-20)27-14-5-3-4-13(10-14)12-26-25(33)19-11-17-21(30)15-6-1-2-7-16(15)22(31)23(17)34-19/h1-7,10-11,18,27H,8-9,12H2,(H,26,33)(H,28,29,32). The van der Waals surface area contributed by atoms with Gasteiger partial charge in [0.2, 0.25) is 17.6 Å². The first-order valence-corrected chi connectivity index (χ1v) is 10.7. The van der Waals surface area contributed by atoms with Crippen LogP contribution in [0, 0.1) is 0 Å². The van der Waals surface area contributed by atoms with Crippen molar-refractivity contribution in [1.29, 1.82) is 0 Å². The lowest BCUT2D eigenvalue weighted by atomic mass is 9.89. The Morgan fingerprint density at radius 2 is 1.71 bits per heavy atom. The van der Waals surface area contributed by atoms with Gasteiger partial charge in [0, 0.05) is 35.8 Å². The molecule has 0 bridgehead atoms. The van der Waals surface area contributed by atoms with Gasteiger partial charge in [-0.2, -0.15) is 0 Å². The maximum absolute atomic E-state index is 12.7. The highest BCUT2D eigenvalue weighted by molar-refractivity contribution is 6.27. The third kappa shape index (κ3) is 3.88. The van der Waals surface area contributed by atoms with E-state index in [0.717, 1.165) is 5.56 Å². The van der Waals surface area contributed by atoms with Crippen LogP contribution in [0.1, 0.15) is 61.0 Å². The summed E-state index contributed by atoms with van der Waals surface area (Å²) in [5.41, 5.74) is 2.03. The summed E-state index contributed by atoms with van der Waals surface area (Å²) in [7, 11) is 0. The third-order valence-electron chi connectivity index (χ3n) is 5.78. The lowest BCUT2D eigenvalue weighted by Crippen LogP contribution is -2.47. The van der Waals surface area contributed by atoms with E-state index in [2.05, 4.69) is 16.0 Å². The summed E-state index contributed by atoms with van der Waals surface area (Å²) in [5, 5.41) is 8.10. The number of carbonyl (C=O) groups excluding carboxylic acids is 5. The van der Waals surface area contributed by atoms with Crippen molar-refractivity contribution in [2.45, 2.75) is 25.4 Å². The minimum atomic E-state index is -0.567. The number of benzene rings is 2. The van der Waals surface area contributed by atoms with Crippen LogP contribution < -0.4 is 16.0 Å². The van der Waals surface area contributed by atoms with Gasteiger partial charge >= 0.3 is 0 Å². The van der Waals surface area contributed by atoms with E-state index in [-0.39, 0.29) is 58.8 Å². The molecule has 2 heterocycles. The molecule has 1 unspecified atom stereocenters. The van der Waals surface area contributed by atoms with E-state index >= 15 is 0 Å². The van der Waals surface area contributed by atoms with Crippen molar-refractivity contribution in [1.82, 2.24) is 10.6 Å². The second kappa shape index (κ2) is 8.43. The maximum atomic E-state index is 12.7. The molecule has 0 saturated carbocycles. The number of piperidine rings is 1. The molecule has 1 aliphatic carbocycles. The van der Waals surface area contributed by atoms with Crippen LogP contribution in [0.15, 0.2) is 59.0 Å². The topological polar surface area (TPSA) is 135 Å². The molecule has 1 aromatic heterocycles. The smallest absolute Gasteiger partial charge is 0.287 e. The number of ketones is 2. The Morgan fingerprint density at radius 1 is 0.941 bits per heavy atom. The van der Waals surface area contributed by atoms with Gasteiger partial charge in [0.25, 0.3) is 5.91 Å². The van der Waals surface area contributed by atoms with Gasteiger partial charge < -0.3 is 15.1 Å². The predicted molar refractivity (Wildman–Crippen MR) is 119 cm³/mol. The van der Waals surface area contributed by atoms with Crippen molar-refractivity contribution >= 4 is 35.0 Å². The Labute approximate surface area is 193 Å². The number of imide groups is 1. The molecule has 9 nitrogen and oxygen atoms in total. The molecule has 34 heavy (non-hydrogen) atoms. The Hall–Kier alpha value is -4.53. The highest BCUT2D eigenvalue weighted by Gasteiger charge is 2.34. The summed E-state index contributed by atoms with van der Waals surface area (Å²) in [4.78, 5) is 61.3. The summed E-state index contributed by atoms with van der Waals surface area (Å²) in [5.74, 6) is -2.28. The van der Waals surface area contributed by atoms with Crippen LogP contribution in [0.2, 0.25) is 0 Å². The van der Waals surface area contributed by atoms with E-state index < -0.39 is 17.7 Å². The first-order chi connectivity index (χ1) is 16.4. The molecule has 0 spiro atoms. The van der Waals surface area contributed by atoms with E-state index in [4.69, 9.17) is 4.42 Å². The van der Waals surface area contributed by atoms with E-state index in [0.29, 0.717) is 12.1 Å². The van der Waals surface area contributed by atoms with Gasteiger partial charge in [-0.3, -0.25) is 29.3 Å². The van der Waals surface area contributed by atoms with Gasteiger partial charge in [0.1, 0.15) is 6.04 Å². The molecule has 2 aliphatic rings. The van der Waals surface area contributed by atoms with Crippen LogP contribution in [-0.4, -0.2) is 35.3 Å². The molecule has 3 N–H and O–H groups in total. The van der Waals surface area contributed by atoms with Crippen LogP contribution >= 0.6 is 0 Å². The number of amides is 3. The third-order valence-corrected chi connectivity index (χ3v) is 5.78. The average Bonchev–Trinajstić information content (AvgIpc) is 3.29. The lowest BCUT2D eigenvalue weighted by Gasteiger charge is -2.23. The van der Waals surface area contributed by atoms with Crippen LogP contribution in [0.3, 0.4) is 0 Å². The van der Waals surface area contributed by atoms with Crippen LogP contribution in [0.4, 0.5) is 5.69 Å². The minimum absolute atomic E-state index is 0.0734. The summed E-state index contributed by atoms with van der Waals surface area (Å²) in [6.45, 7) is 0.150. The molecule has 3 aromatic rings. The van der Waals surface area contributed by atoms with Crippen molar-refractivity contribution in [3.05, 3.63) is 88.4 Å². The zero-order valence-electron chi connectivity index (χ0n) is 17.8. The van der Waals surface area contributed by atoms with E-state index in [1.54, 1.807) is 48.5 Å². The quantitative estimate of drug-likeness (QED) is 0.391. The number of fused-ring (bicyclic) bond motifs is 2. The fourth-order valence-electron chi connectivity index (χ4n) is 4.06. The molecule has 3 amide bonds. The number of hydrogen-bond acceptors (Lipinski definition) is 7. The van der Waals surface area contributed by atoms with Gasteiger partial charge in [-0.25, -0.2) is 0 Å². The molecule has 170 valence electrons. The summed E-state index contributed by atoms with van der Waals surface area (Å²) in [6, 6.07) is 14.4. The highest BCUT2D eigenvalue weighted by Crippen LogP contribution is 2.29. The molecule has 5 rings (SSSR count). The number of anilines is 1. The first kappa shape index (κ1) is 21.3. The monoisotopic (exact) mass is 457 g/mol. The van der Waals surface area contributed by atoms with Crippen molar-refractivity contribution in [3.8, 4) is 0 Å². The number of nitrogens with one attached hydrogen (secondary N) is 3. The summed E-state index contributed by atoms with van der Waals surface area (Å²) < 4.78 is 5.47. The second-order valence-electron chi connectivity index (χ2n) is 8.09. The minimum Gasteiger partial charge on any atom is -0.447 e. The maximum Gasteiger partial charge on any atom is 0.287 e. The van der Waals surface area contributed by atoms with Crippen molar-refractivity contribution < 1.29 is 28.4 Å². The zero-order chi connectivity index (χ0) is 23.8.